The number of aryl methyl sites for hydroxylation is 1. The maximum atomic E-state index is 12.1. The second kappa shape index (κ2) is 5.10. The molecule has 3 rings (SSSR count). The number of hydrogen-bond acceptors (Lipinski definition) is 2. The summed E-state index contributed by atoms with van der Waals surface area (Å²) in [7, 11) is 0. The third-order valence-electron chi connectivity index (χ3n) is 3.82. The summed E-state index contributed by atoms with van der Waals surface area (Å²) in [5, 5.41) is 9.80. The van der Waals surface area contributed by atoms with Gasteiger partial charge in [-0.25, -0.2) is 9.79 Å². The third kappa shape index (κ3) is 2.23. The monoisotopic (exact) mass is 316 g/mol. The highest BCUT2D eigenvalue weighted by Crippen LogP contribution is 2.32. The van der Waals surface area contributed by atoms with Crippen LogP contribution in [0.2, 0.25) is 0 Å². The van der Waals surface area contributed by atoms with Gasteiger partial charge in [-0.2, -0.15) is 0 Å². The highest BCUT2D eigenvalue weighted by Gasteiger charge is 2.28. The lowest BCUT2D eigenvalue weighted by atomic mass is 9.96. The Morgan fingerprint density at radius 1 is 1.45 bits per heavy atom. The molecule has 0 fully saturated rings. The van der Waals surface area contributed by atoms with Gasteiger partial charge in [-0.1, -0.05) is 17.7 Å². The number of amides is 1. The van der Waals surface area contributed by atoms with E-state index in [1.54, 1.807) is 32.1 Å². The van der Waals surface area contributed by atoms with Crippen molar-refractivity contribution in [2.24, 2.45) is 4.99 Å². The number of aromatic carboxylic acids is 1. The lowest BCUT2D eigenvalue weighted by Gasteiger charge is -2.07. The summed E-state index contributed by atoms with van der Waals surface area (Å²) < 4.78 is 0. The molecular formula is C16H13ClN2O3. The molecular weight excluding hydrogens is 304 g/mol. The van der Waals surface area contributed by atoms with Crippen molar-refractivity contribution in [1.29, 1.82) is 0 Å². The van der Waals surface area contributed by atoms with Crippen molar-refractivity contribution in [3.8, 4) is 0 Å². The summed E-state index contributed by atoms with van der Waals surface area (Å²) in [5.74, 6) is -1.32. The molecule has 1 aromatic heterocycles. The molecule has 5 nitrogen and oxygen atoms in total. The number of halogens is 1. The first-order valence-electron chi connectivity index (χ1n) is 6.72. The molecule has 0 spiro atoms. The van der Waals surface area contributed by atoms with E-state index in [1.807, 2.05) is 0 Å². The number of aromatic nitrogens is 1. The molecule has 0 unspecified atom stereocenters. The van der Waals surface area contributed by atoms with Crippen LogP contribution in [0.4, 0.5) is 0 Å². The number of aromatic amines is 1. The first-order chi connectivity index (χ1) is 10.4. The Kier molecular flexibility index (Phi) is 3.37. The minimum atomic E-state index is -0.992. The highest BCUT2D eigenvalue weighted by atomic mass is 35.5. The van der Waals surface area contributed by atoms with Crippen LogP contribution in [0.3, 0.4) is 0 Å². The minimum absolute atomic E-state index is 0.231. The van der Waals surface area contributed by atoms with E-state index in [9.17, 15) is 14.7 Å². The van der Waals surface area contributed by atoms with Crippen molar-refractivity contribution in [2.75, 3.05) is 0 Å². The van der Waals surface area contributed by atoms with Crippen molar-refractivity contribution < 1.29 is 14.7 Å². The fraction of sp³-hybridized carbons (Fsp3) is 0.188. The molecule has 2 heterocycles. The van der Waals surface area contributed by atoms with Crippen LogP contribution in [0.25, 0.3) is 6.08 Å². The number of rotatable bonds is 2. The first-order valence-corrected chi connectivity index (χ1v) is 7.10. The predicted molar refractivity (Wildman–Crippen MR) is 84.3 cm³/mol. The lowest BCUT2D eigenvalue weighted by Crippen LogP contribution is -2.03. The number of fused-ring (bicyclic) bond motifs is 1. The fourth-order valence-corrected chi connectivity index (χ4v) is 2.93. The summed E-state index contributed by atoms with van der Waals surface area (Å²) in [6, 6.07) is 0. The van der Waals surface area contributed by atoms with Crippen LogP contribution in [0.5, 0.6) is 0 Å². The molecule has 0 atom stereocenters. The quantitative estimate of drug-likeness (QED) is 0.822. The van der Waals surface area contributed by atoms with Gasteiger partial charge in [0.05, 0.1) is 16.8 Å². The maximum Gasteiger partial charge on any atom is 0.337 e. The number of carbonyl (C=O) groups is 2. The zero-order chi connectivity index (χ0) is 16.0. The van der Waals surface area contributed by atoms with E-state index in [-0.39, 0.29) is 11.5 Å². The normalized spacial score (nSPS) is 19.0. The maximum absolute atomic E-state index is 12.1. The number of carbonyl (C=O) groups excluding carboxylic acids is 1. The molecule has 0 radical (unpaired) electrons. The zero-order valence-corrected chi connectivity index (χ0v) is 12.8. The smallest absolute Gasteiger partial charge is 0.337 e. The van der Waals surface area contributed by atoms with E-state index >= 15 is 0 Å². The number of aliphatic imine (C=N–C) groups is 1. The third-order valence-corrected chi connectivity index (χ3v) is 4.08. The van der Waals surface area contributed by atoms with Crippen molar-refractivity contribution >= 4 is 35.3 Å². The summed E-state index contributed by atoms with van der Waals surface area (Å²) in [6.07, 6.45) is 5.68. The molecule has 1 aromatic rings. The lowest BCUT2D eigenvalue weighted by molar-refractivity contribution is -0.113. The minimum Gasteiger partial charge on any atom is -0.478 e. The van der Waals surface area contributed by atoms with Crippen LogP contribution in [-0.4, -0.2) is 27.7 Å². The van der Waals surface area contributed by atoms with Crippen LogP contribution in [0, 0.1) is 13.8 Å². The van der Waals surface area contributed by atoms with Gasteiger partial charge >= 0.3 is 5.97 Å². The average Bonchev–Trinajstić information content (AvgIpc) is 2.88. The van der Waals surface area contributed by atoms with Crippen molar-refractivity contribution in [2.45, 2.75) is 20.3 Å². The van der Waals surface area contributed by atoms with Gasteiger partial charge in [0, 0.05) is 28.4 Å². The van der Waals surface area contributed by atoms with Crippen LogP contribution >= 0.6 is 11.6 Å². The van der Waals surface area contributed by atoms with Gasteiger partial charge in [-0.3, -0.25) is 4.79 Å². The Labute approximate surface area is 131 Å². The number of nitrogens with one attached hydrogen (secondary N) is 1. The Balaban J connectivity index is 2.10. The Hall–Kier alpha value is -2.40. The number of carboxylic acids is 1. The van der Waals surface area contributed by atoms with Gasteiger partial charge in [0.25, 0.3) is 5.91 Å². The zero-order valence-electron chi connectivity index (χ0n) is 12.0. The molecule has 1 amide bonds. The summed E-state index contributed by atoms with van der Waals surface area (Å²) in [4.78, 5) is 30.4. The molecule has 0 bridgehead atoms. The SMILES string of the molecule is Cc1[nH]c(/C=C2\C(=O)N=C3CC=C(Cl)C=C32)c(C)c1C(=O)O. The van der Waals surface area contributed by atoms with Crippen LogP contribution in [0.1, 0.15) is 33.7 Å². The Bertz CT molecular complexity index is 838. The van der Waals surface area contributed by atoms with Gasteiger partial charge in [0.1, 0.15) is 0 Å². The second-order valence-corrected chi connectivity index (χ2v) is 5.68. The molecule has 6 heteroatoms. The number of hydrogen-bond donors (Lipinski definition) is 2. The van der Waals surface area contributed by atoms with Crippen molar-refractivity contribution in [1.82, 2.24) is 4.98 Å². The molecule has 1 aliphatic heterocycles. The van der Waals surface area contributed by atoms with E-state index in [0.717, 1.165) is 0 Å². The largest absolute Gasteiger partial charge is 0.478 e. The topological polar surface area (TPSA) is 82.5 Å². The van der Waals surface area contributed by atoms with E-state index in [4.69, 9.17) is 11.6 Å². The number of nitrogens with zero attached hydrogens (tertiary/aromatic N) is 1. The summed E-state index contributed by atoms with van der Waals surface area (Å²) in [6.45, 7) is 3.40. The highest BCUT2D eigenvalue weighted by molar-refractivity contribution is 6.35. The molecule has 0 saturated carbocycles. The van der Waals surface area contributed by atoms with Crippen molar-refractivity contribution in [3.05, 3.63) is 50.8 Å². The van der Waals surface area contributed by atoms with E-state index in [1.165, 1.54) is 0 Å². The van der Waals surface area contributed by atoms with Gasteiger partial charge in [0.15, 0.2) is 0 Å². The number of H-pyrrole nitrogens is 1. The first kappa shape index (κ1) is 14.5. The van der Waals surface area contributed by atoms with Gasteiger partial charge in [0.2, 0.25) is 0 Å². The standard InChI is InChI=1S/C16H13ClN2O3/c1-7-13(18-8(2)14(7)16(21)22)6-11-10-5-9(17)3-4-12(10)19-15(11)20/h3,5-6,18H,4H2,1-2H3,(H,21,22)/b11-6-. The Morgan fingerprint density at radius 2 is 2.18 bits per heavy atom. The molecule has 0 saturated heterocycles. The van der Waals surface area contributed by atoms with E-state index in [2.05, 4.69) is 9.98 Å². The molecule has 1 aliphatic carbocycles. The summed E-state index contributed by atoms with van der Waals surface area (Å²) >= 11 is 6.01. The number of allylic oxidation sites excluding steroid dienone is 3. The summed E-state index contributed by atoms with van der Waals surface area (Å²) in [5.41, 5.74) is 3.81. The van der Waals surface area contributed by atoms with E-state index in [0.29, 0.717) is 45.3 Å². The van der Waals surface area contributed by atoms with Crippen LogP contribution in [-0.2, 0) is 4.79 Å². The average molecular weight is 317 g/mol. The Morgan fingerprint density at radius 3 is 2.82 bits per heavy atom. The number of carboxylic acid groups (broad SMARTS) is 1. The molecule has 22 heavy (non-hydrogen) atoms. The molecule has 2 N–H and O–H groups in total. The van der Waals surface area contributed by atoms with Crippen LogP contribution in [0.15, 0.2) is 33.3 Å². The van der Waals surface area contributed by atoms with Gasteiger partial charge in [-0.05, 0) is 31.6 Å². The van der Waals surface area contributed by atoms with E-state index < -0.39 is 5.97 Å². The van der Waals surface area contributed by atoms with Gasteiger partial charge in [-0.15, -0.1) is 0 Å². The fourth-order valence-electron chi connectivity index (χ4n) is 2.74. The van der Waals surface area contributed by atoms with Crippen LogP contribution < -0.4 is 0 Å². The predicted octanol–water partition coefficient (Wildman–Crippen LogP) is 3.15. The van der Waals surface area contributed by atoms with Crippen molar-refractivity contribution in [3.63, 3.8) is 0 Å². The molecule has 2 aliphatic rings. The molecule has 0 aromatic carbocycles. The second-order valence-electron chi connectivity index (χ2n) is 5.24. The van der Waals surface area contributed by atoms with Gasteiger partial charge < -0.3 is 10.1 Å². The molecule has 112 valence electrons.